The molecule has 1 atom stereocenters. The molecule has 0 amide bonds. The van der Waals surface area contributed by atoms with Crippen molar-refractivity contribution in [3.8, 4) is 0 Å². The van der Waals surface area contributed by atoms with Gasteiger partial charge in [0.2, 0.25) is 0 Å². The van der Waals surface area contributed by atoms with Crippen LogP contribution in [-0.4, -0.2) is 25.0 Å². The number of hydrogen-bond donors (Lipinski definition) is 1. The van der Waals surface area contributed by atoms with Crippen molar-refractivity contribution in [2.24, 2.45) is 11.1 Å². The smallest absolute Gasteiger partial charge is 0.0328 e. The van der Waals surface area contributed by atoms with Gasteiger partial charge in [0.25, 0.3) is 0 Å². The third-order valence-electron chi connectivity index (χ3n) is 3.25. The number of benzene rings is 1. The normalized spacial score (nSPS) is 14.1. The number of nitrogens with two attached hydrogens (primary N) is 1. The first-order valence-corrected chi connectivity index (χ1v) is 6.81. The van der Waals surface area contributed by atoms with Gasteiger partial charge in [-0.05, 0) is 37.6 Å². The zero-order chi connectivity index (χ0) is 13.1. The highest BCUT2D eigenvalue weighted by Gasteiger charge is 2.22. The first kappa shape index (κ1) is 14.7. The summed E-state index contributed by atoms with van der Waals surface area (Å²) >= 11 is 3.61. The molecule has 1 unspecified atom stereocenters. The molecule has 0 spiro atoms. The minimum atomic E-state index is 0.157. The summed E-state index contributed by atoms with van der Waals surface area (Å²) in [5.74, 6) is 0. The van der Waals surface area contributed by atoms with E-state index in [1.54, 1.807) is 0 Å². The molecule has 0 aliphatic rings. The van der Waals surface area contributed by atoms with Crippen LogP contribution in [-0.2, 0) is 0 Å². The Balaban J connectivity index is 2.77. The van der Waals surface area contributed by atoms with Crippen molar-refractivity contribution in [3.63, 3.8) is 0 Å². The van der Waals surface area contributed by atoms with Crippen LogP contribution >= 0.6 is 15.9 Å². The maximum atomic E-state index is 5.79. The van der Waals surface area contributed by atoms with Crippen molar-refractivity contribution in [2.45, 2.75) is 26.8 Å². The molecule has 1 aromatic rings. The average molecular weight is 299 g/mol. The lowest BCUT2D eigenvalue weighted by Gasteiger charge is -2.33. The summed E-state index contributed by atoms with van der Waals surface area (Å²) in [6.07, 6.45) is 0. The Morgan fingerprint density at radius 3 is 2.47 bits per heavy atom. The fraction of sp³-hybridized carbons (Fsp3) is 0.571. The monoisotopic (exact) mass is 298 g/mol. The fourth-order valence-electron chi connectivity index (χ4n) is 1.93. The molecule has 0 saturated heterocycles. The van der Waals surface area contributed by atoms with Gasteiger partial charge in [-0.25, -0.2) is 0 Å². The van der Waals surface area contributed by atoms with Crippen molar-refractivity contribution in [3.05, 3.63) is 34.3 Å². The standard InChI is InChI=1S/C14H23BrN2/c1-11(12-7-5-6-8-13(12)15)17(4)10-14(2,3)9-16/h5-8,11H,9-10,16H2,1-4H3. The Kier molecular flexibility index (Phi) is 5.17. The SMILES string of the molecule is CC(c1ccccc1Br)N(C)CC(C)(C)CN. The maximum Gasteiger partial charge on any atom is 0.0328 e. The van der Waals surface area contributed by atoms with Crippen molar-refractivity contribution in [1.29, 1.82) is 0 Å². The van der Waals surface area contributed by atoms with E-state index in [2.05, 4.69) is 66.8 Å². The van der Waals surface area contributed by atoms with Crippen LogP contribution in [0.5, 0.6) is 0 Å². The van der Waals surface area contributed by atoms with E-state index >= 15 is 0 Å². The van der Waals surface area contributed by atoms with E-state index in [1.807, 2.05) is 6.07 Å². The van der Waals surface area contributed by atoms with Crippen molar-refractivity contribution < 1.29 is 0 Å². The molecule has 0 fully saturated rings. The summed E-state index contributed by atoms with van der Waals surface area (Å²) in [6.45, 7) is 8.34. The molecule has 1 rings (SSSR count). The van der Waals surface area contributed by atoms with Gasteiger partial charge < -0.3 is 5.73 Å². The molecule has 0 aliphatic heterocycles. The van der Waals surface area contributed by atoms with Crippen LogP contribution in [0.2, 0.25) is 0 Å². The molecule has 96 valence electrons. The highest BCUT2D eigenvalue weighted by molar-refractivity contribution is 9.10. The summed E-state index contributed by atoms with van der Waals surface area (Å²) in [6, 6.07) is 8.77. The van der Waals surface area contributed by atoms with Crippen LogP contribution in [0.15, 0.2) is 28.7 Å². The largest absolute Gasteiger partial charge is 0.330 e. The van der Waals surface area contributed by atoms with Gasteiger partial charge in [-0.3, -0.25) is 4.90 Å². The molecule has 0 bridgehead atoms. The van der Waals surface area contributed by atoms with E-state index in [1.165, 1.54) is 10.0 Å². The predicted octanol–water partition coefficient (Wildman–Crippen LogP) is 3.43. The highest BCUT2D eigenvalue weighted by Crippen LogP contribution is 2.28. The minimum absolute atomic E-state index is 0.157. The second-order valence-electron chi connectivity index (χ2n) is 5.48. The molecule has 3 heteroatoms. The minimum Gasteiger partial charge on any atom is -0.330 e. The lowest BCUT2D eigenvalue weighted by atomic mass is 9.92. The van der Waals surface area contributed by atoms with Gasteiger partial charge in [0, 0.05) is 17.1 Å². The fourth-order valence-corrected chi connectivity index (χ4v) is 2.54. The molecule has 0 radical (unpaired) electrons. The van der Waals surface area contributed by atoms with Crippen LogP contribution in [0.3, 0.4) is 0 Å². The molecule has 0 aliphatic carbocycles. The predicted molar refractivity (Wildman–Crippen MR) is 78.0 cm³/mol. The summed E-state index contributed by atoms with van der Waals surface area (Å²) < 4.78 is 1.17. The van der Waals surface area contributed by atoms with Crippen LogP contribution < -0.4 is 5.73 Å². The topological polar surface area (TPSA) is 29.3 Å². The Morgan fingerprint density at radius 2 is 1.94 bits per heavy atom. The average Bonchev–Trinajstić information content (AvgIpc) is 2.28. The van der Waals surface area contributed by atoms with Crippen LogP contribution in [0, 0.1) is 5.41 Å². The van der Waals surface area contributed by atoms with Gasteiger partial charge in [0.05, 0.1) is 0 Å². The van der Waals surface area contributed by atoms with Crippen molar-refractivity contribution in [2.75, 3.05) is 20.1 Å². The number of nitrogens with zero attached hydrogens (tertiary/aromatic N) is 1. The molecule has 0 saturated carbocycles. The Bertz CT molecular complexity index is 363. The Hall–Kier alpha value is -0.380. The van der Waals surface area contributed by atoms with E-state index in [0.29, 0.717) is 12.6 Å². The zero-order valence-corrected chi connectivity index (χ0v) is 12.8. The Morgan fingerprint density at radius 1 is 1.35 bits per heavy atom. The van der Waals surface area contributed by atoms with Crippen molar-refractivity contribution >= 4 is 15.9 Å². The van der Waals surface area contributed by atoms with Crippen LogP contribution in [0.25, 0.3) is 0 Å². The Labute approximate surface area is 113 Å². The van der Waals surface area contributed by atoms with Gasteiger partial charge in [0.15, 0.2) is 0 Å². The second kappa shape index (κ2) is 5.98. The molecular formula is C14H23BrN2. The van der Waals surface area contributed by atoms with Gasteiger partial charge >= 0.3 is 0 Å². The van der Waals surface area contributed by atoms with Gasteiger partial charge in [-0.1, -0.05) is 48.0 Å². The summed E-state index contributed by atoms with van der Waals surface area (Å²) in [7, 11) is 2.15. The van der Waals surface area contributed by atoms with E-state index < -0.39 is 0 Å². The number of hydrogen-bond acceptors (Lipinski definition) is 2. The van der Waals surface area contributed by atoms with E-state index in [9.17, 15) is 0 Å². The first-order valence-electron chi connectivity index (χ1n) is 6.02. The van der Waals surface area contributed by atoms with Gasteiger partial charge in [-0.15, -0.1) is 0 Å². The quantitative estimate of drug-likeness (QED) is 0.902. The number of rotatable bonds is 5. The van der Waals surface area contributed by atoms with E-state index in [-0.39, 0.29) is 5.41 Å². The van der Waals surface area contributed by atoms with Crippen LogP contribution in [0.4, 0.5) is 0 Å². The number of halogens is 1. The summed E-state index contributed by atoms with van der Waals surface area (Å²) in [5.41, 5.74) is 7.27. The molecule has 2 N–H and O–H groups in total. The first-order chi connectivity index (χ1) is 7.87. The van der Waals surface area contributed by atoms with Gasteiger partial charge in [-0.2, -0.15) is 0 Å². The molecule has 1 aromatic carbocycles. The maximum absolute atomic E-state index is 5.79. The lowest BCUT2D eigenvalue weighted by Crippen LogP contribution is -2.37. The van der Waals surface area contributed by atoms with E-state index in [0.717, 1.165) is 6.54 Å². The third kappa shape index (κ3) is 4.09. The molecule has 2 nitrogen and oxygen atoms in total. The molecular weight excluding hydrogens is 276 g/mol. The van der Waals surface area contributed by atoms with Gasteiger partial charge in [0.1, 0.15) is 0 Å². The van der Waals surface area contributed by atoms with Crippen molar-refractivity contribution in [1.82, 2.24) is 4.90 Å². The summed E-state index contributed by atoms with van der Waals surface area (Å²) in [4.78, 5) is 2.35. The highest BCUT2D eigenvalue weighted by atomic mass is 79.9. The molecule has 17 heavy (non-hydrogen) atoms. The second-order valence-corrected chi connectivity index (χ2v) is 6.34. The molecule has 0 aromatic heterocycles. The molecule has 0 heterocycles. The lowest BCUT2D eigenvalue weighted by molar-refractivity contribution is 0.174. The summed E-state index contributed by atoms with van der Waals surface area (Å²) in [5, 5.41) is 0. The van der Waals surface area contributed by atoms with Crippen LogP contribution in [0.1, 0.15) is 32.4 Å². The zero-order valence-electron chi connectivity index (χ0n) is 11.2. The third-order valence-corrected chi connectivity index (χ3v) is 3.97. The van der Waals surface area contributed by atoms with E-state index in [4.69, 9.17) is 5.73 Å².